The number of nitrogens with zero attached hydrogens (tertiary/aromatic N) is 1. The molecule has 1 unspecified atom stereocenters. The van der Waals surface area contributed by atoms with E-state index in [1.165, 1.54) is 12.6 Å². The molecular weight excluding hydrogens is 315 g/mol. The molecule has 0 heterocycles. The van der Waals surface area contributed by atoms with E-state index in [0.717, 1.165) is 17.4 Å². The second-order valence-corrected chi connectivity index (χ2v) is 7.83. The van der Waals surface area contributed by atoms with Gasteiger partial charge in [-0.05, 0) is 6.42 Å². The number of carbonyl (C=O) groups excluding carboxylic acids is 1. The third-order valence-electron chi connectivity index (χ3n) is 2.72. The Kier molecular flexibility index (Phi) is 10.0. The van der Waals surface area contributed by atoms with E-state index in [2.05, 4.69) is 56.0 Å². The van der Waals surface area contributed by atoms with Gasteiger partial charge in [0.1, 0.15) is 6.54 Å². The van der Waals surface area contributed by atoms with E-state index in [1.807, 2.05) is 12.2 Å². The fourth-order valence-electron chi connectivity index (χ4n) is 1.66. The van der Waals surface area contributed by atoms with Crippen molar-refractivity contribution in [3.05, 3.63) is 35.9 Å². The maximum atomic E-state index is 10.8. The van der Waals surface area contributed by atoms with Gasteiger partial charge >= 0.3 is 0 Å². The summed E-state index contributed by atoms with van der Waals surface area (Å²) < 4.78 is 16.2. The van der Waals surface area contributed by atoms with Gasteiger partial charge in [-0.3, -0.25) is 9.36 Å². The Bertz CT molecular complexity index is 501. The van der Waals surface area contributed by atoms with Gasteiger partial charge in [0.2, 0.25) is 7.60 Å². The summed E-state index contributed by atoms with van der Waals surface area (Å²) in [5.41, 5.74) is 0.332. The zero-order chi connectivity index (χ0) is 17.9. The molecular formula is C16H29N2O4P. The Morgan fingerprint density at radius 2 is 1.83 bits per heavy atom. The first-order valence-electron chi connectivity index (χ1n) is 7.64. The highest BCUT2D eigenvalue weighted by molar-refractivity contribution is 7.69. The average molecular weight is 344 g/mol. The van der Waals surface area contributed by atoms with Crippen LogP contribution in [0.15, 0.2) is 30.3 Å². The SMILES string of the molecule is CCCCOP(=O)([O-])C(=O)NC.C[N+](C)(C)Cc1ccccc1. The van der Waals surface area contributed by atoms with Crippen molar-refractivity contribution in [2.24, 2.45) is 0 Å². The first-order chi connectivity index (χ1) is 10.6. The lowest BCUT2D eigenvalue weighted by atomic mass is 10.2. The van der Waals surface area contributed by atoms with Crippen LogP contribution in [0.2, 0.25) is 0 Å². The zero-order valence-corrected chi connectivity index (χ0v) is 15.6. The Morgan fingerprint density at radius 1 is 1.26 bits per heavy atom. The summed E-state index contributed by atoms with van der Waals surface area (Å²) in [6.07, 6.45) is 1.46. The van der Waals surface area contributed by atoms with Crippen molar-refractivity contribution in [3.63, 3.8) is 0 Å². The topological polar surface area (TPSA) is 78.5 Å². The van der Waals surface area contributed by atoms with Gasteiger partial charge in [0.05, 0.1) is 27.7 Å². The van der Waals surface area contributed by atoms with Crippen LogP contribution in [0.4, 0.5) is 4.79 Å². The van der Waals surface area contributed by atoms with Crippen molar-refractivity contribution in [3.8, 4) is 0 Å². The molecule has 1 atom stereocenters. The number of amides is 1. The van der Waals surface area contributed by atoms with Gasteiger partial charge in [0, 0.05) is 12.6 Å². The molecule has 0 aliphatic carbocycles. The van der Waals surface area contributed by atoms with Gasteiger partial charge in [-0.2, -0.15) is 0 Å². The first-order valence-corrected chi connectivity index (χ1v) is 9.19. The number of benzene rings is 1. The molecule has 0 aromatic heterocycles. The van der Waals surface area contributed by atoms with Crippen LogP contribution in [0, 0.1) is 0 Å². The lowest BCUT2D eigenvalue weighted by Gasteiger charge is -2.23. The lowest BCUT2D eigenvalue weighted by Crippen LogP contribution is -2.33. The van der Waals surface area contributed by atoms with Crippen LogP contribution in [0.3, 0.4) is 0 Å². The number of quaternary nitrogens is 1. The maximum absolute atomic E-state index is 10.8. The second-order valence-electron chi connectivity index (χ2n) is 6.17. The molecule has 0 radical (unpaired) electrons. The van der Waals surface area contributed by atoms with Crippen LogP contribution >= 0.6 is 7.60 Å². The summed E-state index contributed by atoms with van der Waals surface area (Å²) in [6.45, 7) is 3.07. The molecule has 0 aliphatic rings. The minimum atomic E-state index is -4.31. The summed E-state index contributed by atoms with van der Waals surface area (Å²) in [4.78, 5) is 21.4. The molecule has 0 bridgehead atoms. The number of rotatable bonds is 7. The highest BCUT2D eigenvalue weighted by atomic mass is 31.2. The Hall–Kier alpha value is -1.20. The zero-order valence-electron chi connectivity index (χ0n) is 14.7. The van der Waals surface area contributed by atoms with Gasteiger partial charge in [0.25, 0.3) is 5.65 Å². The van der Waals surface area contributed by atoms with Crippen LogP contribution in [0.1, 0.15) is 25.3 Å². The summed E-state index contributed by atoms with van der Waals surface area (Å²) in [6, 6.07) is 10.6. The first kappa shape index (κ1) is 21.8. The molecule has 1 aromatic rings. The molecule has 7 heteroatoms. The minimum Gasteiger partial charge on any atom is -0.772 e. The molecule has 0 saturated heterocycles. The normalized spacial score (nSPS) is 13.5. The van der Waals surface area contributed by atoms with Gasteiger partial charge in [0.15, 0.2) is 0 Å². The van der Waals surface area contributed by atoms with E-state index < -0.39 is 13.2 Å². The van der Waals surface area contributed by atoms with Crippen LogP contribution in [0.25, 0.3) is 0 Å². The Balaban J connectivity index is 0.000000422. The molecule has 132 valence electrons. The second kappa shape index (κ2) is 10.6. The Morgan fingerprint density at radius 3 is 2.26 bits per heavy atom. The van der Waals surface area contributed by atoms with Crippen molar-refractivity contribution in [1.82, 2.24) is 5.32 Å². The van der Waals surface area contributed by atoms with Crippen molar-refractivity contribution < 1.29 is 23.3 Å². The minimum absolute atomic E-state index is 0.0741. The highest BCUT2D eigenvalue weighted by Crippen LogP contribution is 2.37. The number of hydrogen-bond acceptors (Lipinski definition) is 4. The third kappa shape index (κ3) is 11.0. The van der Waals surface area contributed by atoms with Crippen molar-refractivity contribution >= 4 is 13.2 Å². The predicted molar refractivity (Wildman–Crippen MR) is 91.1 cm³/mol. The standard InChI is InChI=1S/C10H16N.C6H14NO4P/c1-11(2,3)9-10-7-5-4-6-8-10;1-3-4-5-11-12(9,10)6(8)7-2/h4-8H,9H2,1-3H3;3-5H2,1-2H3,(H,7,8)(H,9,10)/q+1;/p-1. The molecule has 1 N–H and O–H groups in total. The fourth-order valence-corrected chi connectivity index (χ4v) is 2.42. The van der Waals surface area contributed by atoms with Crippen LogP contribution in [-0.4, -0.2) is 44.9 Å². The molecule has 1 aromatic carbocycles. The van der Waals surface area contributed by atoms with Gasteiger partial charge in [-0.1, -0.05) is 43.7 Å². The predicted octanol–water partition coefficient (Wildman–Crippen LogP) is 2.59. The molecule has 6 nitrogen and oxygen atoms in total. The lowest BCUT2D eigenvalue weighted by molar-refractivity contribution is -0.884. The third-order valence-corrected chi connectivity index (χ3v) is 3.97. The van der Waals surface area contributed by atoms with Crippen LogP contribution < -0.4 is 10.2 Å². The summed E-state index contributed by atoms with van der Waals surface area (Å²) in [5, 5.41) is 1.99. The molecule has 0 saturated carbocycles. The molecule has 23 heavy (non-hydrogen) atoms. The largest absolute Gasteiger partial charge is 0.772 e. The summed E-state index contributed by atoms with van der Waals surface area (Å²) in [7, 11) is 3.54. The number of hydrogen-bond donors (Lipinski definition) is 1. The molecule has 1 amide bonds. The maximum Gasteiger partial charge on any atom is 0.291 e. The van der Waals surface area contributed by atoms with E-state index in [9.17, 15) is 14.3 Å². The van der Waals surface area contributed by atoms with Crippen LogP contribution in [-0.2, 0) is 15.6 Å². The monoisotopic (exact) mass is 344 g/mol. The average Bonchev–Trinajstić information content (AvgIpc) is 2.46. The molecule has 1 rings (SSSR count). The number of carbonyl (C=O) groups is 1. The van der Waals surface area contributed by atoms with Crippen molar-refractivity contribution in [1.29, 1.82) is 0 Å². The quantitative estimate of drug-likeness (QED) is 0.468. The smallest absolute Gasteiger partial charge is 0.291 e. The van der Waals surface area contributed by atoms with Gasteiger partial charge in [-0.25, -0.2) is 0 Å². The van der Waals surface area contributed by atoms with Crippen molar-refractivity contribution in [2.45, 2.75) is 26.3 Å². The van der Waals surface area contributed by atoms with Crippen molar-refractivity contribution in [2.75, 3.05) is 34.8 Å². The summed E-state index contributed by atoms with van der Waals surface area (Å²) >= 11 is 0. The van der Waals surface area contributed by atoms with E-state index in [4.69, 9.17) is 0 Å². The Labute approximate surface area is 139 Å². The highest BCUT2D eigenvalue weighted by Gasteiger charge is 2.17. The van der Waals surface area contributed by atoms with Gasteiger partial charge < -0.3 is 19.2 Å². The fraction of sp³-hybridized carbons (Fsp3) is 0.562. The number of nitrogens with one attached hydrogen (secondary N) is 1. The molecule has 0 aliphatic heterocycles. The summed E-state index contributed by atoms with van der Waals surface area (Å²) in [5.74, 6) is 0. The van der Waals surface area contributed by atoms with E-state index in [0.29, 0.717) is 6.42 Å². The number of unbranched alkanes of at least 4 members (excludes halogenated alkanes) is 1. The van der Waals surface area contributed by atoms with E-state index in [-0.39, 0.29) is 6.61 Å². The van der Waals surface area contributed by atoms with E-state index in [1.54, 1.807) is 0 Å². The van der Waals surface area contributed by atoms with E-state index >= 15 is 0 Å². The van der Waals surface area contributed by atoms with Crippen LogP contribution in [0.5, 0.6) is 0 Å². The molecule has 0 spiro atoms. The molecule has 0 fully saturated rings. The van der Waals surface area contributed by atoms with Gasteiger partial charge in [-0.15, -0.1) is 0 Å².